The molecule has 0 bridgehead atoms. The number of benzene rings is 1. The standard InChI is InChI=1S/C12H12N4S/c13-16-10(12-14-5-6-15-12)9-3-1-2-8-4-7-17-11(8)9/h1-7,10,16H,13H2,(H,14,15). The van der Waals surface area contributed by atoms with E-state index < -0.39 is 0 Å². The predicted octanol–water partition coefficient (Wildman–Crippen LogP) is 2.18. The molecule has 0 aliphatic heterocycles. The fourth-order valence-corrected chi connectivity index (χ4v) is 2.94. The monoisotopic (exact) mass is 244 g/mol. The van der Waals surface area contributed by atoms with Crippen molar-refractivity contribution in [3.63, 3.8) is 0 Å². The Labute approximate surface area is 102 Å². The molecule has 1 atom stereocenters. The molecule has 0 aliphatic rings. The van der Waals surface area contributed by atoms with Crippen LogP contribution in [0, 0.1) is 0 Å². The summed E-state index contributed by atoms with van der Waals surface area (Å²) < 4.78 is 1.24. The molecule has 5 heteroatoms. The molecule has 0 saturated carbocycles. The molecule has 3 rings (SSSR count). The highest BCUT2D eigenvalue weighted by atomic mass is 32.1. The second-order valence-electron chi connectivity index (χ2n) is 3.76. The van der Waals surface area contributed by atoms with E-state index in [0.29, 0.717) is 0 Å². The highest BCUT2D eigenvalue weighted by molar-refractivity contribution is 7.17. The fraction of sp³-hybridized carbons (Fsp3) is 0.0833. The van der Waals surface area contributed by atoms with Crippen molar-refractivity contribution in [2.24, 2.45) is 5.84 Å². The van der Waals surface area contributed by atoms with Crippen molar-refractivity contribution in [3.8, 4) is 0 Å². The van der Waals surface area contributed by atoms with Gasteiger partial charge in [0.05, 0.1) is 0 Å². The van der Waals surface area contributed by atoms with Crippen molar-refractivity contribution in [2.45, 2.75) is 6.04 Å². The minimum atomic E-state index is -0.104. The van der Waals surface area contributed by atoms with E-state index in [1.54, 1.807) is 23.7 Å². The van der Waals surface area contributed by atoms with Gasteiger partial charge in [0, 0.05) is 17.1 Å². The molecule has 4 N–H and O–H groups in total. The molecular formula is C12H12N4S. The first kappa shape index (κ1) is 10.5. The molecule has 0 amide bonds. The summed E-state index contributed by atoms with van der Waals surface area (Å²) in [6, 6.07) is 8.22. The highest BCUT2D eigenvalue weighted by Crippen LogP contribution is 2.30. The highest BCUT2D eigenvalue weighted by Gasteiger charge is 2.17. The fourth-order valence-electron chi connectivity index (χ4n) is 1.99. The summed E-state index contributed by atoms with van der Waals surface area (Å²) in [7, 11) is 0. The number of aromatic nitrogens is 2. The van der Waals surface area contributed by atoms with Gasteiger partial charge in [0.25, 0.3) is 0 Å². The number of hydrazine groups is 1. The lowest BCUT2D eigenvalue weighted by Crippen LogP contribution is -2.29. The van der Waals surface area contributed by atoms with Crippen LogP contribution in [0.15, 0.2) is 42.0 Å². The minimum Gasteiger partial charge on any atom is -0.347 e. The average molecular weight is 244 g/mol. The minimum absolute atomic E-state index is 0.104. The van der Waals surface area contributed by atoms with Crippen LogP contribution >= 0.6 is 11.3 Å². The maximum Gasteiger partial charge on any atom is 0.129 e. The van der Waals surface area contributed by atoms with Crippen LogP contribution in [0.4, 0.5) is 0 Å². The quantitative estimate of drug-likeness (QED) is 0.488. The van der Waals surface area contributed by atoms with E-state index in [9.17, 15) is 0 Å². The van der Waals surface area contributed by atoms with Crippen LogP contribution in [0.2, 0.25) is 0 Å². The van der Waals surface area contributed by atoms with Gasteiger partial charge in [-0.1, -0.05) is 18.2 Å². The number of hydrogen-bond acceptors (Lipinski definition) is 4. The maximum absolute atomic E-state index is 5.65. The molecule has 1 unspecified atom stereocenters. The lowest BCUT2D eigenvalue weighted by molar-refractivity contribution is 0.612. The van der Waals surface area contributed by atoms with E-state index in [-0.39, 0.29) is 6.04 Å². The molecular weight excluding hydrogens is 232 g/mol. The van der Waals surface area contributed by atoms with Crippen molar-refractivity contribution >= 4 is 21.4 Å². The Morgan fingerprint density at radius 2 is 2.29 bits per heavy atom. The zero-order valence-corrected chi connectivity index (χ0v) is 9.87. The van der Waals surface area contributed by atoms with Gasteiger partial charge >= 0.3 is 0 Å². The SMILES string of the molecule is NNC(c1ncc[nH]1)c1cccc2ccsc12. The Morgan fingerprint density at radius 3 is 3.06 bits per heavy atom. The van der Waals surface area contributed by atoms with Gasteiger partial charge in [0.1, 0.15) is 11.9 Å². The van der Waals surface area contributed by atoms with Crippen molar-refractivity contribution in [3.05, 3.63) is 53.4 Å². The van der Waals surface area contributed by atoms with Crippen LogP contribution in [-0.2, 0) is 0 Å². The van der Waals surface area contributed by atoms with Crippen LogP contribution in [0.25, 0.3) is 10.1 Å². The number of fused-ring (bicyclic) bond motifs is 1. The van der Waals surface area contributed by atoms with Crippen molar-refractivity contribution in [1.82, 2.24) is 15.4 Å². The normalized spacial score (nSPS) is 13.0. The average Bonchev–Trinajstić information content (AvgIpc) is 3.00. The zero-order valence-electron chi connectivity index (χ0n) is 9.05. The molecule has 17 heavy (non-hydrogen) atoms. The van der Waals surface area contributed by atoms with E-state index in [1.165, 1.54) is 10.1 Å². The molecule has 2 heterocycles. The number of rotatable bonds is 3. The van der Waals surface area contributed by atoms with Gasteiger partial charge in [-0.3, -0.25) is 5.84 Å². The molecule has 0 aliphatic carbocycles. The topological polar surface area (TPSA) is 66.7 Å². The number of H-pyrrole nitrogens is 1. The first-order valence-electron chi connectivity index (χ1n) is 5.31. The van der Waals surface area contributed by atoms with Gasteiger partial charge in [-0.15, -0.1) is 11.3 Å². The number of aromatic amines is 1. The Balaban J connectivity index is 2.16. The van der Waals surface area contributed by atoms with Crippen molar-refractivity contribution in [1.29, 1.82) is 0 Å². The van der Waals surface area contributed by atoms with Gasteiger partial charge in [-0.25, -0.2) is 10.4 Å². The van der Waals surface area contributed by atoms with E-state index >= 15 is 0 Å². The van der Waals surface area contributed by atoms with Crippen molar-refractivity contribution < 1.29 is 0 Å². The van der Waals surface area contributed by atoms with Crippen LogP contribution in [0.1, 0.15) is 17.4 Å². The Kier molecular flexibility index (Phi) is 2.64. The van der Waals surface area contributed by atoms with Crippen LogP contribution < -0.4 is 11.3 Å². The summed E-state index contributed by atoms with van der Waals surface area (Å²) in [6.45, 7) is 0. The largest absolute Gasteiger partial charge is 0.347 e. The van der Waals surface area contributed by atoms with Crippen LogP contribution in [0.3, 0.4) is 0 Å². The Morgan fingerprint density at radius 1 is 1.35 bits per heavy atom. The summed E-state index contributed by atoms with van der Waals surface area (Å²) in [6.07, 6.45) is 3.53. The lowest BCUT2D eigenvalue weighted by Gasteiger charge is -2.14. The molecule has 2 aromatic heterocycles. The second-order valence-corrected chi connectivity index (χ2v) is 4.68. The maximum atomic E-state index is 5.65. The molecule has 86 valence electrons. The molecule has 1 aromatic carbocycles. The van der Waals surface area contributed by atoms with Gasteiger partial charge in [0.15, 0.2) is 0 Å². The summed E-state index contributed by atoms with van der Waals surface area (Å²) in [5.41, 5.74) is 3.96. The third-order valence-corrected chi connectivity index (χ3v) is 3.76. The number of nitrogens with zero attached hydrogens (tertiary/aromatic N) is 1. The summed E-state index contributed by atoms with van der Waals surface area (Å²) in [5.74, 6) is 6.48. The zero-order chi connectivity index (χ0) is 11.7. The number of hydrogen-bond donors (Lipinski definition) is 3. The Hall–Kier alpha value is -1.69. The molecule has 4 nitrogen and oxygen atoms in total. The van der Waals surface area contributed by atoms with Crippen LogP contribution in [-0.4, -0.2) is 9.97 Å². The first-order chi connectivity index (χ1) is 8.40. The Bertz CT molecular complexity index is 614. The third-order valence-electron chi connectivity index (χ3n) is 2.78. The van der Waals surface area contributed by atoms with Crippen molar-refractivity contribution in [2.75, 3.05) is 0 Å². The van der Waals surface area contributed by atoms with Crippen LogP contribution in [0.5, 0.6) is 0 Å². The summed E-state index contributed by atoms with van der Waals surface area (Å²) in [5, 5.41) is 3.32. The summed E-state index contributed by atoms with van der Waals surface area (Å²) in [4.78, 5) is 7.36. The molecule has 3 aromatic rings. The number of nitrogens with one attached hydrogen (secondary N) is 2. The summed E-state index contributed by atoms with van der Waals surface area (Å²) >= 11 is 1.72. The predicted molar refractivity (Wildman–Crippen MR) is 69.6 cm³/mol. The third kappa shape index (κ3) is 1.74. The smallest absolute Gasteiger partial charge is 0.129 e. The van der Waals surface area contributed by atoms with Gasteiger partial charge in [-0.05, 0) is 22.4 Å². The molecule has 0 saturated heterocycles. The first-order valence-corrected chi connectivity index (χ1v) is 6.19. The second kappa shape index (κ2) is 4.29. The van der Waals surface area contributed by atoms with E-state index in [4.69, 9.17) is 5.84 Å². The van der Waals surface area contributed by atoms with E-state index in [1.807, 2.05) is 6.07 Å². The molecule has 0 spiro atoms. The number of nitrogens with two attached hydrogens (primary N) is 1. The number of imidazole rings is 1. The van der Waals surface area contributed by atoms with Gasteiger partial charge < -0.3 is 4.98 Å². The lowest BCUT2D eigenvalue weighted by atomic mass is 10.1. The van der Waals surface area contributed by atoms with Gasteiger partial charge in [-0.2, -0.15) is 0 Å². The molecule has 0 radical (unpaired) electrons. The number of thiophene rings is 1. The molecule has 0 fully saturated rings. The van der Waals surface area contributed by atoms with Gasteiger partial charge in [0.2, 0.25) is 0 Å². The van der Waals surface area contributed by atoms with E-state index in [2.05, 4.69) is 39.0 Å². The van der Waals surface area contributed by atoms with E-state index in [0.717, 1.165) is 11.4 Å².